The summed E-state index contributed by atoms with van der Waals surface area (Å²) in [7, 11) is 0. The fourth-order valence-electron chi connectivity index (χ4n) is 3.43. The molecule has 0 saturated carbocycles. The van der Waals surface area contributed by atoms with Crippen molar-refractivity contribution in [1.82, 2.24) is 9.80 Å². The number of rotatable bonds is 4. The molecule has 0 aliphatic carbocycles. The maximum absolute atomic E-state index is 12.0. The Kier molecular flexibility index (Phi) is 3.42. The smallest absolute Gasteiger partial charge is 0.223 e. The number of fused-ring (bicyclic) bond motifs is 1. The zero-order valence-corrected chi connectivity index (χ0v) is 11.1. The van der Waals surface area contributed by atoms with E-state index in [-0.39, 0.29) is 5.91 Å². The highest BCUT2D eigenvalue weighted by molar-refractivity contribution is 5.78. The van der Waals surface area contributed by atoms with Gasteiger partial charge in [0.2, 0.25) is 5.91 Å². The highest BCUT2D eigenvalue weighted by Gasteiger charge is 2.42. The lowest BCUT2D eigenvalue weighted by atomic mass is 9.96. The van der Waals surface area contributed by atoms with Gasteiger partial charge in [0.25, 0.3) is 0 Å². The minimum atomic E-state index is 0.284. The second-order valence-corrected chi connectivity index (χ2v) is 5.40. The Morgan fingerprint density at radius 2 is 2.32 bits per heavy atom. The van der Waals surface area contributed by atoms with E-state index in [1.54, 1.807) is 6.26 Å². The average molecular weight is 260 g/mol. The number of amides is 1. The van der Waals surface area contributed by atoms with Crippen LogP contribution in [0.1, 0.15) is 24.8 Å². The molecule has 102 valence electrons. The highest BCUT2D eigenvalue weighted by Crippen LogP contribution is 2.32. The van der Waals surface area contributed by atoms with E-state index in [1.807, 2.05) is 23.3 Å². The molecule has 4 nitrogen and oxygen atoms in total. The molecule has 2 aliphatic heterocycles. The van der Waals surface area contributed by atoms with Crippen LogP contribution in [0.25, 0.3) is 0 Å². The first kappa shape index (κ1) is 12.5. The van der Waals surface area contributed by atoms with Gasteiger partial charge in [-0.25, -0.2) is 0 Å². The molecular weight excluding hydrogens is 240 g/mol. The number of piperidine rings is 1. The number of furan rings is 1. The van der Waals surface area contributed by atoms with Crippen LogP contribution in [0.5, 0.6) is 0 Å². The van der Waals surface area contributed by atoms with E-state index in [4.69, 9.17) is 4.42 Å². The van der Waals surface area contributed by atoms with Crippen molar-refractivity contribution in [3.63, 3.8) is 0 Å². The summed E-state index contributed by atoms with van der Waals surface area (Å²) in [6, 6.07) is 2.88. The average Bonchev–Trinajstić information content (AvgIpc) is 3.04. The van der Waals surface area contributed by atoms with Gasteiger partial charge in [0.05, 0.1) is 12.5 Å². The number of hydrogen-bond donors (Lipinski definition) is 0. The van der Waals surface area contributed by atoms with Gasteiger partial charge in [0.1, 0.15) is 0 Å². The van der Waals surface area contributed by atoms with E-state index < -0.39 is 0 Å². The summed E-state index contributed by atoms with van der Waals surface area (Å²) in [5.74, 6) is 0.284. The van der Waals surface area contributed by atoms with Crippen molar-refractivity contribution >= 4 is 5.91 Å². The molecule has 19 heavy (non-hydrogen) atoms. The predicted octanol–water partition coefficient (Wildman–Crippen LogP) is 2.03. The zero-order valence-electron chi connectivity index (χ0n) is 11.1. The van der Waals surface area contributed by atoms with Gasteiger partial charge in [0, 0.05) is 43.7 Å². The molecule has 1 aromatic heterocycles. The van der Waals surface area contributed by atoms with E-state index >= 15 is 0 Å². The van der Waals surface area contributed by atoms with Crippen molar-refractivity contribution in [2.24, 2.45) is 0 Å². The Labute approximate surface area is 113 Å². The lowest BCUT2D eigenvalue weighted by Gasteiger charge is -2.39. The maximum Gasteiger partial charge on any atom is 0.223 e. The number of nitrogens with zero attached hydrogens (tertiary/aromatic N) is 2. The van der Waals surface area contributed by atoms with E-state index in [0.29, 0.717) is 25.0 Å². The first-order chi connectivity index (χ1) is 9.29. The Bertz CT molecular complexity index is 455. The fraction of sp³-hybridized carbons (Fsp3) is 0.533. The number of carbonyl (C=O) groups is 1. The van der Waals surface area contributed by atoms with Crippen LogP contribution in [0.15, 0.2) is 35.7 Å². The summed E-state index contributed by atoms with van der Waals surface area (Å²) >= 11 is 0. The Balaban J connectivity index is 1.71. The second-order valence-electron chi connectivity index (χ2n) is 5.40. The SMILES string of the molecule is C=CCN1C(=O)CC[C@@H]2[C@H]1CCN2Cc1ccoc1. The van der Waals surface area contributed by atoms with E-state index in [2.05, 4.69) is 11.5 Å². The van der Waals surface area contributed by atoms with Gasteiger partial charge >= 0.3 is 0 Å². The summed E-state index contributed by atoms with van der Waals surface area (Å²) in [6.07, 6.45) is 8.08. The van der Waals surface area contributed by atoms with Crippen LogP contribution in [0.2, 0.25) is 0 Å². The molecule has 0 N–H and O–H groups in total. The number of carbonyl (C=O) groups excluding carboxylic acids is 1. The fourth-order valence-corrected chi connectivity index (χ4v) is 3.43. The van der Waals surface area contributed by atoms with Crippen LogP contribution in [0.4, 0.5) is 0 Å². The third kappa shape index (κ3) is 2.32. The quantitative estimate of drug-likeness (QED) is 0.777. The van der Waals surface area contributed by atoms with Crippen molar-refractivity contribution in [2.75, 3.05) is 13.1 Å². The van der Waals surface area contributed by atoms with Crippen LogP contribution in [0.3, 0.4) is 0 Å². The molecule has 0 spiro atoms. The molecule has 4 heteroatoms. The second kappa shape index (κ2) is 5.21. The Morgan fingerprint density at radius 1 is 1.42 bits per heavy atom. The highest BCUT2D eigenvalue weighted by atomic mass is 16.3. The molecule has 2 atom stereocenters. The third-order valence-corrected chi connectivity index (χ3v) is 4.29. The van der Waals surface area contributed by atoms with E-state index in [1.165, 1.54) is 5.56 Å². The molecule has 0 unspecified atom stereocenters. The van der Waals surface area contributed by atoms with Crippen molar-refractivity contribution < 1.29 is 9.21 Å². The monoisotopic (exact) mass is 260 g/mol. The number of hydrogen-bond acceptors (Lipinski definition) is 3. The lowest BCUT2D eigenvalue weighted by Crippen LogP contribution is -2.52. The molecule has 0 radical (unpaired) electrons. The summed E-state index contributed by atoms with van der Waals surface area (Å²) in [5.41, 5.74) is 1.22. The molecule has 3 heterocycles. The summed E-state index contributed by atoms with van der Waals surface area (Å²) in [6.45, 7) is 6.42. The van der Waals surface area contributed by atoms with Crippen LogP contribution in [-0.4, -0.2) is 40.9 Å². The molecule has 2 fully saturated rings. The first-order valence-corrected chi connectivity index (χ1v) is 6.95. The normalized spacial score (nSPS) is 27.6. The molecule has 3 rings (SSSR count). The molecule has 2 aliphatic rings. The Morgan fingerprint density at radius 3 is 3.05 bits per heavy atom. The molecule has 1 aromatic rings. The van der Waals surface area contributed by atoms with Gasteiger partial charge in [0.15, 0.2) is 0 Å². The maximum atomic E-state index is 12.0. The predicted molar refractivity (Wildman–Crippen MR) is 72.5 cm³/mol. The number of likely N-dealkylation sites (tertiary alicyclic amines) is 2. The largest absolute Gasteiger partial charge is 0.472 e. The van der Waals surface area contributed by atoms with Crippen molar-refractivity contribution in [2.45, 2.75) is 37.9 Å². The van der Waals surface area contributed by atoms with Crippen molar-refractivity contribution in [3.05, 3.63) is 36.8 Å². The summed E-state index contributed by atoms with van der Waals surface area (Å²) < 4.78 is 5.13. The minimum absolute atomic E-state index is 0.284. The van der Waals surface area contributed by atoms with Gasteiger partial charge in [-0.1, -0.05) is 6.08 Å². The minimum Gasteiger partial charge on any atom is -0.472 e. The van der Waals surface area contributed by atoms with Gasteiger partial charge in [-0.2, -0.15) is 0 Å². The molecule has 0 aromatic carbocycles. The molecule has 1 amide bonds. The van der Waals surface area contributed by atoms with Gasteiger partial charge in [-0.3, -0.25) is 9.69 Å². The zero-order chi connectivity index (χ0) is 13.2. The van der Waals surface area contributed by atoms with Gasteiger partial charge in [-0.15, -0.1) is 6.58 Å². The van der Waals surface area contributed by atoms with Gasteiger partial charge in [-0.05, 0) is 18.9 Å². The first-order valence-electron chi connectivity index (χ1n) is 6.95. The third-order valence-electron chi connectivity index (χ3n) is 4.29. The summed E-state index contributed by atoms with van der Waals surface area (Å²) in [4.78, 5) is 16.5. The van der Waals surface area contributed by atoms with Crippen LogP contribution >= 0.6 is 0 Å². The molecular formula is C15H20N2O2. The van der Waals surface area contributed by atoms with Crippen LogP contribution in [-0.2, 0) is 11.3 Å². The molecule has 2 saturated heterocycles. The van der Waals surface area contributed by atoms with Crippen molar-refractivity contribution in [3.8, 4) is 0 Å². The van der Waals surface area contributed by atoms with Crippen LogP contribution < -0.4 is 0 Å². The van der Waals surface area contributed by atoms with E-state index in [0.717, 1.165) is 25.9 Å². The topological polar surface area (TPSA) is 36.7 Å². The Hall–Kier alpha value is -1.55. The van der Waals surface area contributed by atoms with Crippen LogP contribution in [0, 0.1) is 0 Å². The molecule has 0 bridgehead atoms. The summed E-state index contributed by atoms with van der Waals surface area (Å²) in [5, 5.41) is 0. The standard InChI is InChI=1S/C15H20N2O2/c1-2-7-17-14-5-8-16(10-12-6-9-19-11-12)13(14)3-4-15(17)18/h2,6,9,11,13-14H,1,3-5,7-8,10H2/t13-,14-/m1/s1. The lowest BCUT2D eigenvalue weighted by molar-refractivity contribution is -0.136. The van der Waals surface area contributed by atoms with Gasteiger partial charge < -0.3 is 9.32 Å². The van der Waals surface area contributed by atoms with Crippen molar-refractivity contribution in [1.29, 1.82) is 0 Å². The van der Waals surface area contributed by atoms with E-state index in [9.17, 15) is 4.79 Å².